The standard InChI is InChI=1S/C14H13FN2S/c1-8-6-10(15)4-5-11(8)14-16-12(9-2-3-9)7-13(18)17-14/h4-7,9H,2-3H2,1H3,(H,16,17,18). The highest BCUT2D eigenvalue weighted by molar-refractivity contribution is 7.71. The lowest BCUT2D eigenvalue weighted by Crippen LogP contribution is -1.96. The highest BCUT2D eigenvalue weighted by Gasteiger charge is 2.25. The van der Waals surface area contributed by atoms with Crippen LogP contribution in [-0.4, -0.2) is 9.97 Å². The van der Waals surface area contributed by atoms with Crippen LogP contribution in [0.15, 0.2) is 24.3 Å². The summed E-state index contributed by atoms with van der Waals surface area (Å²) in [5, 5.41) is 0. The molecule has 0 atom stereocenters. The quantitative estimate of drug-likeness (QED) is 0.822. The number of aryl methyl sites for hydroxylation is 1. The van der Waals surface area contributed by atoms with Crippen LogP contribution in [0.1, 0.15) is 30.0 Å². The molecule has 0 unspecified atom stereocenters. The molecule has 1 aliphatic carbocycles. The van der Waals surface area contributed by atoms with Crippen molar-refractivity contribution in [2.75, 3.05) is 0 Å². The first-order valence-electron chi connectivity index (χ1n) is 6.01. The number of halogens is 1. The van der Waals surface area contributed by atoms with Crippen LogP contribution in [0.4, 0.5) is 4.39 Å². The molecule has 1 N–H and O–H groups in total. The first-order chi connectivity index (χ1) is 8.63. The molecule has 2 nitrogen and oxygen atoms in total. The van der Waals surface area contributed by atoms with Gasteiger partial charge in [-0.15, -0.1) is 0 Å². The fourth-order valence-corrected chi connectivity index (χ4v) is 2.33. The predicted molar refractivity (Wildman–Crippen MR) is 71.5 cm³/mol. The van der Waals surface area contributed by atoms with Crippen LogP contribution in [0.25, 0.3) is 11.4 Å². The second-order valence-corrected chi connectivity index (χ2v) is 5.18. The lowest BCUT2D eigenvalue weighted by molar-refractivity contribution is 0.627. The van der Waals surface area contributed by atoms with Gasteiger partial charge in [0.1, 0.15) is 16.3 Å². The van der Waals surface area contributed by atoms with Crippen molar-refractivity contribution in [3.63, 3.8) is 0 Å². The normalized spacial score (nSPS) is 14.8. The van der Waals surface area contributed by atoms with Gasteiger partial charge in [0.2, 0.25) is 0 Å². The van der Waals surface area contributed by atoms with Crippen molar-refractivity contribution in [1.82, 2.24) is 9.97 Å². The number of aromatic nitrogens is 2. The summed E-state index contributed by atoms with van der Waals surface area (Å²) in [5.41, 5.74) is 2.92. The van der Waals surface area contributed by atoms with Crippen molar-refractivity contribution >= 4 is 12.2 Å². The summed E-state index contributed by atoms with van der Waals surface area (Å²) in [4.78, 5) is 7.67. The zero-order valence-electron chi connectivity index (χ0n) is 10.0. The average Bonchev–Trinajstić information content (AvgIpc) is 3.11. The molecule has 1 heterocycles. The molecule has 0 saturated heterocycles. The van der Waals surface area contributed by atoms with E-state index < -0.39 is 0 Å². The summed E-state index contributed by atoms with van der Waals surface area (Å²) in [7, 11) is 0. The third-order valence-corrected chi connectivity index (χ3v) is 3.43. The molecule has 0 radical (unpaired) electrons. The number of nitrogens with zero attached hydrogens (tertiary/aromatic N) is 1. The molecule has 1 saturated carbocycles. The van der Waals surface area contributed by atoms with E-state index in [0.717, 1.165) is 22.6 Å². The lowest BCUT2D eigenvalue weighted by Gasteiger charge is -2.08. The van der Waals surface area contributed by atoms with E-state index in [-0.39, 0.29) is 5.82 Å². The van der Waals surface area contributed by atoms with Gasteiger partial charge in [-0.25, -0.2) is 9.37 Å². The summed E-state index contributed by atoms with van der Waals surface area (Å²) in [6.07, 6.45) is 2.41. The van der Waals surface area contributed by atoms with E-state index in [0.29, 0.717) is 10.6 Å². The topological polar surface area (TPSA) is 28.7 Å². The molecular formula is C14H13FN2S. The maximum Gasteiger partial charge on any atom is 0.139 e. The summed E-state index contributed by atoms with van der Waals surface area (Å²) in [5.74, 6) is 1.10. The van der Waals surface area contributed by atoms with Crippen molar-refractivity contribution in [3.05, 3.63) is 46.0 Å². The number of benzene rings is 1. The summed E-state index contributed by atoms with van der Waals surface area (Å²) in [6, 6.07) is 6.63. The monoisotopic (exact) mass is 260 g/mol. The third kappa shape index (κ3) is 2.20. The largest absolute Gasteiger partial charge is 0.343 e. The van der Waals surface area contributed by atoms with E-state index >= 15 is 0 Å². The first kappa shape index (κ1) is 11.5. The minimum absolute atomic E-state index is 0.229. The predicted octanol–water partition coefficient (Wildman–Crippen LogP) is 4.13. The zero-order chi connectivity index (χ0) is 12.7. The smallest absolute Gasteiger partial charge is 0.139 e. The van der Waals surface area contributed by atoms with E-state index in [9.17, 15) is 4.39 Å². The average molecular weight is 260 g/mol. The Labute approximate surface area is 110 Å². The molecule has 0 aliphatic heterocycles. The van der Waals surface area contributed by atoms with Gasteiger partial charge < -0.3 is 4.98 Å². The van der Waals surface area contributed by atoms with Crippen LogP contribution in [0.2, 0.25) is 0 Å². The van der Waals surface area contributed by atoms with Crippen molar-refractivity contribution in [2.24, 2.45) is 0 Å². The highest BCUT2D eigenvalue weighted by Crippen LogP contribution is 2.39. The van der Waals surface area contributed by atoms with E-state index in [2.05, 4.69) is 9.97 Å². The van der Waals surface area contributed by atoms with Crippen LogP contribution in [0.5, 0.6) is 0 Å². The van der Waals surface area contributed by atoms with Gasteiger partial charge in [-0.05, 0) is 55.5 Å². The second kappa shape index (κ2) is 4.28. The molecule has 0 amide bonds. The van der Waals surface area contributed by atoms with E-state index in [1.165, 1.54) is 25.0 Å². The SMILES string of the molecule is Cc1cc(F)ccc1-c1nc(=S)cc(C2CC2)[nH]1. The maximum atomic E-state index is 13.1. The van der Waals surface area contributed by atoms with Gasteiger partial charge in [-0.1, -0.05) is 12.2 Å². The van der Waals surface area contributed by atoms with Gasteiger partial charge in [0.05, 0.1) is 0 Å². The Morgan fingerprint density at radius 3 is 2.78 bits per heavy atom. The number of nitrogens with one attached hydrogen (secondary N) is 1. The van der Waals surface area contributed by atoms with E-state index in [1.54, 1.807) is 6.07 Å². The molecule has 0 spiro atoms. The number of hydrogen-bond donors (Lipinski definition) is 1. The van der Waals surface area contributed by atoms with Crippen molar-refractivity contribution < 1.29 is 4.39 Å². The van der Waals surface area contributed by atoms with Crippen LogP contribution >= 0.6 is 12.2 Å². The van der Waals surface area contributed by atoms with Crippen molar-refractivity contribution in [1.29, 1.82) is 0 Å². The van der Waals surface area contributed by atoms with Gasteiger partial charge in [-0.2, -0.15) is 0 Å². The maximum absolute atomic E-state index is 13.1. The molecule has 1 aromatic heterocycles. The van der Waals surface area contributed by atoms with Gasteiger partial charge in [0, 0.05) is 11.3 Å². The van der Waals surface area contributed by atoms with Crippen LogP contribution in [0.3, 0.4) is 0 Å². The number of hydrogen-bond acceptors (Lipinski definition) is 2. The molecule has 2 aromatic rings. The van der Waals surface area contributed by atoms with Crippen LogP contribution in [0, 0.1) is 17.4 Å². The first-order valence-corrected chi connectivity index (χ1v) is 6.42. The molecule has 1 fully saturated rings. The Hall–Kier alpha value is -1.55. The second-order valence-electron chi connectivity index (χ2n) is 4.76. The Morgan fingerprint density at radius 2 is 2.11 bits per heavy atom. The fraction of sp³-hybridized carbons (Fsp3) is 0.286. The lowest BCUT2D eigenvalue weighted by atomic mass is 10.1. The highest BCUT2D eigenvalue weighted by atomic mass is 32.1. The number of aromatic amines is 1. The Bertz CT molecular complexity index is 659. The molecule has 18 heavy (non-hydrogen) atoms. The molecule has 3 rings (SSSR count). The summed E-state index contributed by atoms with van der Waals surface area (Å²) in [6.45, 7) is 1.88. The molecule has 4 heteroatoms. The van der Waals surface area contributed by atoms with Gasteiger partial charge >= 0.3 is 0 Å². The Morgan fingerprint density at radius 1 is 1.33 bits per heavy atom. The van der Waals surface area contributed by atoms with Gasteiger partial charge in [0.25, 0.3) is 0 Å². The molecule has 1 aromatic carbocycles. The zero-order valence-corrected chi connectivity index (χ0v) is 10.9. The van der Waals surface area contributed by atoms with Crippen molar-refractivity contribution in [3.8, 4) is 11.4 Å². The fourth-order valence-electron chi connectivity index (χ4n) is 2.11. The minimum Gasteiger partial charge on any atom is -0.343 e. The van der Waals surface area contributed by atoms with Crippen LogP contribution < -0.4 is 0 Å². The summed E-state index contributed by atoms with van der Waals surface area (Å²) < 4.78 is 13.7. The Balaban J connectivity index is 2.13. The van der Waals surface area contributed by atoms with Crippen molar-refractivity contribution in [2.45, 2.75) is 25.7 Å². The molecular weight excluding hydrogens is 247 g/mol. The molecule has 0 bridgehead atoms. The molecule has 1 aliphatic rings. The number of H-pyrrole nitrogens is 1. The Kier molecular flexibility index (Phi) is 2.74. The van der Waals surface area contributed by atoms with Gasteiger partial charge in [-0.3, -0.25) is 0 Å². The van der Waals surface area contributed by atoms with Gasteiger partial charge in [0.15, 0.2) is 0 Å². The molecule has 92 valence electrons. The number of rotatable bonds is 2. The van der Waals surface area contributed by atoms with Crippen LogP contribution in [-0.2, 0) is 0 Å². The summed E-state index contributed by atoms with van der Waals surface area (Å²) >= 11 is 5.20. The third-order valence-electron chi connectivity index (χ3n) is 3.22. The van der Waals surface area contributed by atoms with E-state index in [1.807, 2.05) is 13.0 Å². The van der Waals surface area contributed by atoms with E-state index in [4.69, 9.17) is 12.2 Å². The minimum atomic E-state index is -0.229.